The van der Waals surface area contributed by atoms with Gasteiger partial charge < -0.3 is 91.6 Å². The maximum atomic E-state index is 14.3. The largest absolute Gasteiger partial charge is 0.508 e. The molecule has 1 fully saturated rings. The van der Waals surface area contributed by atoms with Crippen molar-refractivity contribution in [3.05, 3.63) is 29.8 Å². The molecule has 1 aromatic carbocycles. The van der Waals surface area contributed by atoms with E-state index in [1.165, 1.54) is 24.3 Å². The summed E-state index contributed by atoms with van der Waals surface area (Å²) in [5, 5.41) is 40.8. The van der Waals surface area contributed by atoms with E-state index in [1.54, 1.807) is 27.7 Å². The summed E-state index contributed by atoms with van der Waals surface area (Å²) in [4.78, 5) is 177. The Balaban J connectivity index is 2.48. The van der Waals surface area contributed by atoms with Crippen LogP contribution in [0.2, 0.25) is 0 Å². The van der Waals surface area contributed by atoms with Crippen LogP contribution in [0.15, 0.2) is 24.3 Å². The van der Waals surface area contributed by atoms with Gasteiger partial charge in [0.15, 0.2) is 0 Å². The number of benzene rings is 1. The minimum Gasteiger partial charge on any atom is -0.508 e. The van der Waals surface area contributed by atoms with Crippen molar-refractivity contribution in [2.24, 2.45) is 46.4 Å². The molecule has 0 unspecified atom stereocenters. The Kier molecular flexibility index (Phi) is 29.0. The number of hydrogen-bond donors (Lipinski definition) is 17. The monoisotopic (exact) mass is 1130 g/mol. The number of primary amides is 3. The maximum absolute atomic E-state index is 14.3. The van der Waals surface area contributed by atoms with Crippen molar-refractivity contribution in [2.45, 2.75) is 133 Å². The molecule has 1 aliphatic heterocycles. The van der Waals surface area contributed by atoms with Gasteiger partial charge in [-0.15, -0.1) is 0 Å². The molecule has 0 spiro atoms. The van der Waals surface area contributed by atoms with Crippen molar-refractivity contribution in [3.63, 3.8) is 0 Å². The zero-order valence-electron chi connectivity index (χ0n) is 45.1. The van der Waals surface area contributed by atoms with Gasteiger partial charge in [-0.3, -0.25) is 67.2 Å². The van der Waals surface area contributed by atoms with Crippen LogP contribution in [0.5, 0.6) is 5.75 Å². The molecule has 1 saturated heterocycles. The van der Waals surface area contributed by atoms with Crippen molar-refractivity contribution in [1.82, 2.24) is 52.8 Å². The van der Waals surface area contributed by atoms with E-state index in [9.17, 15) is 72.5 Å². The minimum absolute atomic E-state index is 0.0574. The first-order chi connectivity index (χ1) is 37.6. The molecule has 32 heteroatoms. The van der Waals surface area contributed by atoms with Crippen LogP contribution < -0.4 is 82.4 Å². The first-order valence-electron chi connectivity index (χ1n) is 25.6. The summed E-state index contributed by atoms with van der Waals surface area (Å²) in [5.41, 5.74) is 28.0. The van der Waals surface area contributed by atoms with Crippen molar-refractivity contribution in [3.8, 4) is 5.75 Å². The first-order valence-corrected chi connectivity index (χ1v) is 25.6. The number of rotatable bonds is 35. The number of hydrogen-bond acceptors (Lipinski definition) is 19. The number of aliphatic hydroxyl groups is 1. The lowest BCUT2D eigenvalue weighted by Crippen LogP contribution is -2.62. The maximum Gasteiger partial charge on any atom is 0.248 e. The second-order valence-electron chi connectivity index (χ2n) is 19.5. The van der Waals surface area contributed by atoms with E-state index in [2.05, 4.69) is 52.7 Å². The predicted octanol–water partition coefficient (Wildman–Crippen LogP) is -8.56. The molecule has 0 radical (unpaired) electrons. The summed E-state index contributed by atoms with van der Waals surface area (Å²) in [6.07, 6.45) is -1.53. The summed E-state index contributed by atoms with van der Waals surface area (Å²) < 4.78 is 0. The molecule has 446 valence electrons. The molecule has 1 aliphatic rings. The van der Waals surface area contributed by atoms with Gasteiger partial charge in [0.2, 0.25) is 76.8 Å². The number of phenolic OH excluding ortho intramolecular Hbond substituents is 1. The van der Waals surface area contributed by atoms with Crippen LogP contribution >= 0.6 is 0 Å². The van der Waals surface area contributed by atoms with Crippen LogP contribution in [-0.2, 0) is 73.6 Å². The second-order valence-corrected chi connectivity index (χ2v) is 19.5. The van der Waals surface area contributed by atoms with Gasteiger partial charge in [0, 0.05) is 32.5 Å². The zero-order chi connectivity index (χ0) is 60.4. The lowest BCUT2D eigenvalue weighted by molar-refractivity contribution is -0.143. The third-order valence-corrected chi connectivity index (χ3v) is 12.5. The highest BCUT2D eigenvalue weighted by Gasteiger charge is 2.41. The third-order valence-electron chi connectivity index (χ3n) is 12.5. The molecule has 13 amide bonds. The molecule has 80 heavy (non-hydrogen) atoms. The molecule has 0 bridgehead atoms. The first kappa shape index (κ1) is 68.0. The molecule has 1 aromatic rings. The number of nitrogens with one attached hydrogen (secondary N) is 9. The van der Waals surface area contributed by atoms with Crippen molar-refractivity contribution >= 4 is 76.8 Å². The topological polar surface area (TPSA) is 539 Å². The van der Waals surface area contributed by atoms with Crippen LogP contribution in [0, 0.1) is 11.8 Å². The minimum atomic E-state index is -1.93. The van der Waals surface area contributed by atoms with Crippen molar-refractivity contribution in [2.75, 3.05) is 39.4 Å². The molecule has 32 nitrogen and oxygen atoms in total. The van der Waals surface area contributed by atoms with Gasteiger partial charge in [-0.1, -0.05) is 46.2 Å². The molecule has 1 heterocycles. The van der Waals surface area contributed by atoms with Gasteiger partial charge in [0.05, 0.1) is 19.6 Å². The quantitative estimate of drug-likeness (QED) is 0.0281. The highest BCUT2D eigenvalue weighted by Crippen LogP contribution is 2.20. The van der Waals surface area contributed by atoms with Crippen LogP contribution in [0.4, 0.5) is 0 Å². The molecule has 23 N–H and O–H groups in total. The molecular formula is C48H78N16O16. The lowest BCUT2D eigenvalue weighted by Gasteiger charge is -2.31. The number of nitrogens with two attached hydrogens (primary N) is 6. The van der Waals surface area contributed by atoms with E-state index in [0.717, 1.165) is 4.90 Å². The number of phenols is 1. The summed E-state index contributed by atoms with van der Waals surface area (Å²) in [5.74, 6) is -8.32. The standard InChI is InChI=1S/C48H78N16O16/c1-5-24(4)39(63-45(76)31(16-25-8-10-26(66)11-9-25)59-41(72)27(49)18-56-40(71)28(50)21-65)47(78)58-29(12-13-35(51)67)43(74)60-32(17-36(52)68)44(75)62-33(19-55-38(70)22-80-54)48(79)64-14-6-7-34(64)46(77)61-30(15-23(2)3)42(73)57-20-37(53)69/h8-11,23-24,27-34,39,65-66H,5-7,12-22,49-50,54H2,1-4H3,(H2,51,67)(H2,52,68)(H2,53,69)(H,55,70)(H,56,71)(H,57,73)(H,58,78)(H,59,72)(H,60,74)(H,61,77)(H,62,75)(H,63,76)/t24-,27-,28-,29-,30-,31-,32-,33-,34-,39-/m0/s1. The van der Waals surface area contributed by atoms with Crippen molar-refractivity contribution < 1.29 is 77.4 Å². The van der Waals surface area contributed by atoms with Gasteiger partial charge in [0.1, 0.15) is 66.7 Å². The number of nitrogens with zero attached hydrogens (tertiary/aromatic N) is 1. The number of carbonyl (C=O) groups excluding carboxylic acids is 13. The van der Waals surface area contributed by atoms with E-state index >= 15 is 0 Å². The van der Waals surface area contributed by atoms with E-state index < -0.39 is 189 Å². The predicted molar refractivity (Wildman–Crippen MR) is 281 cm³/mol. The molecule has 0 saturated carbocycles. The summed E-state index contributed by atoms with van der Waals surface area (Å²) >= 11 is 0. The smallest absolute Gasteiger partial charge is 0.248 e. The zero-order valence-corrected chi connectivity index (χ0v) is 45.1. The fraction of sp³-hybridized carbons (Fsp3) is 0.604. The van der Waals surface area contributed by atoms with Gasteiger partial charge >= 0.3 is 0 Å². The van der Waals surface area contributed by atoms with Gasteiger partial charge in [-0.2, -0.15) is 0 Å². The average Bonchev–Trinajstić information content (AvgIpc) is 3.90. The Labute approximate surface area is 460 Å². The van der Waals surface area contributed by atoms with E-state index in [1.807, 2.05) is 0 Å². The summed E-state index contributed by atoms with van der Waals surface area (Å²) in [6, 6.07) is -7.98. The van der Waals surface area contributed by atoms with Gasteiger partial charge in [-0.05, 0) is 55.2 Å². The van der Waals surface area contributed by atoms with E-state index in [0.29, 0.717) is 5.56 Å². The lowest BCUT2D eigenvalue weighted by atomic mass is 9.96. The van der Waals surface area contributed by atoms with Crippen LogP contribution in [0.3, 0.4) is 0 Å². The van der Waals surface area contributed by atoms with Gasteiger partial charge in [0.25, 0.3) is 0 Å². The van der Waals surface area contributed by atoms with Crippen LogP contribution in [0.25, 0.3) is 0 Å². The fourth-order valence-corrected chi connectivity index (χ4v) is 7.91. The SMILES string of the molecule is CC[C@H](C)[C@H](NC(=O)[C@H](Cc1ccc(O)cc1)NC(=O)[C@@H](N)CNC(=O)[C@@H](N)CO)C(=O)N[C@@H](CCC(N)=O)C(=O)N[C@@H](CC(N)=O)C(=O)N[C@@H](CNC(=O)CON)C(=O)N1CCC[C@H]1C(=O)N[C@@H](CC(C)C)C(=O)NCC(N)=O. The molecular weight excluding hydrogens is 1060 g/mol. The number of amides is 13. The average molecular weight is 1140 g/mol. The van der Waals surface area contributed by atoms with Gasteiger partial charge in [-0.25, -0.2) is 5.90 Å². The Morgan fingerprint density at radius 2 is 1.26 bits per heavy atom. The van der Waals surface area contributed by atoms with E-state index in [4.69, 9.17) is 34.6 Å². The highest BCUT2D eigenvalue weighted by atomic mass is 16.6. The van der Waals surface area contributed by atoms with E-state index in [-0.39, 0.29) is 50.3 Å². The molecule has 0 aliphatic carbocycles. The fourth-order valence-electron chi connectivity index (χ4n) is 7.91. The Hall–Kier alpha value is -8.07. The molecule has 10 atom stereocenters. The molecule has 2 rings (SSSR count). The summed E-state index contributed by atoms with van der Waals surface area (Å²) in [7, 11) is 0. The number of aliphatic hydroxyl groups excluding tert-OH is 1. The Bertz CT molecular complexity index is 2360. The summed E-state index contributed by atoms with van der Waals surface area (Å²) in [6.45, 7) is 3.68. The number of aromatic hydroxyl groups is 1. The Morgan fingerprint density at radius 3 is 1.84 bits per heavy atom. The van der Waals surface area contributed by atoms with Crippen LogP contribution in [0.1, 0.15) is 78.2 Å². The highest BCUT2D eigenvalue weighted by molar-refractivity contribution is 6.00. The number of likely N-dealkylation sites (tertiary alicyclic amines) is 1. The Morgan fingerprint density at radius 1 is 0.662 bits per heavy atom. The normalized spacial score (nSPS) is 16.3. The van der Waals surface area contributed by atoms with Crippen LogP contribution in [-0.4, -0.2) is 186 Å². The molecule has 0 aromatic heterocycles. The number of carbonyl (C=O) groups is 13. The second kappa shape index (κ2) is 34.0. The van der Waals surface area contributed by atoms with Crippen molar-refractivity contribution in [1.29, 1.82) is 0 Å². The third kappa shape index (κ3) is 23.5.